The lowest BCUT2D eigenvalue weighted by Crippen LogP contribution is -2.29. The number of para-hydroxylation sites is 1. The van der Waals surface area contributed by atoms with Crippen molar-refractivity contribution in [3.63, 3.8) is 0 Å². The molecule has 0 unspecified atom stereocenters. The highest BCUT2D eigenvalue weighted by Crippen LogP contribution is 2.15. The average molecular weight is 315 g/mol. The Morgan fingerprint density at radius 3 is 2.35 bits per heavy atom. The smallest absolute Gasteiger partial charge is 0.319 e. The average Bonchev–Trinajstić information content (AvgIpc) is 2.56. The molecule has 0 aliphatic heterocycles. The van der Waals surface area contributed by atoms with Crippen LogP contribution in [-0.2, 0) is 17.8 Å². The van der Waals surface area contributed by atoms with Crippen LogP contribution < -0.4 is 16.0 Å². The molecule has 0 bridgehead atoms. The van der Waals surface area contributed by atoms with E-state index in [1.165, 1.54) is 6.07 Å². The van der Waals surface area contributed by atoms with Crippen molar-refractivity contribution in [2.45, 2.75) is 13.0 Å². The molecule has 2 aromatic carbocycles. The number of hydrogen-bond donors (Lipinski definition) is 3. The highest BCUT2D eigenvalue weighted by Gasteiger charge is 2.09. The van der Waals surface area contributed by atoms with Gasteiger partial charge in [-0.25, -0.2) is 9.18 Å². The summed E-state index contributed by atoms with van der Waals surface area (Å²) < 4.78 is 13.5. The fourth-order valence-electron chi connectivity index (χ4n) is 2.04. The number of urea groups is 1. The molecule has 0 spiro atoms. The van der Waals surface area contributed by atoms with Crippen molar-refractivity contribution in [3.8, 4) is 0 Å². The molecule has 120 valence electrons. The van der Waals surface area contributed by atoms with Crippen molar-refractivity contribution in [2.24, 2.45) is 0 Å². The zero-order valence-corrected chi connectivity index (χ0v) is 12.7. The molecule has 0 aliphatic rings. The summed E-state index contributed by atoms with van der Waals surface area (Å²) in [7, 11) is 1.56. The number of anilines is 1. The maximum absolute atomic E-state index is 13.5. The van der Waals surface area contributed by atoms with E-state index >= 15 is 0 Å². The van der Waals surface area contributed by atoms with Crippen LogP contribution in [0.3, 0.4) is 0 Å². The summed E-state index contributed by atoms with van der Waals surface area (Å²) >= 11 is 0. The number of halogens is 1. The molecule has 0 radical (unpaired) electrons. The number of hydrogen-bond acceptors (Lipinski definition) is 2. The Balaban J connectivity index is 1.98. The van der Waals surface area contributed by atoms with Crippen LogP contribution in [0.15, 0.2) is 48.5 Å². The molecular weight excluding hydrogens is 297 g/mol. The van der Waals surface area contributed by atoms with Gasteiger partial charge in [-0.15, -0.1) is 0 Å². The molecule has 23 heavy (non-hydrogen) atoms. The van der Waals surface area contributed by atoms with Gasteiger partial charge < -0.3 is 16.0 Å². The van der Waals surface area contributed by atoms with Crippen molar-refractivity contribution in [1.29, 1.82) is 0 Å². The summed E-state index contributed by atoms with van der Waals surface area (Å²) in [4.78, 5) is 23.4. The number of rotatable bonds is 5. The lowest BCUT2D eigenvalue weighted by atomic mass is 10.1. The molecule has 0 atom stereocenters. The molecule has 2 aromatic rings. The lowest BCUT2D eigenvalue weighted by Gasteiger charge is -2.12. The van der Waals surface area contributed by atoms with E-state index in [1.807, 2.05) is 0 Å². The SMILES string of the molecule is CNC(=O)Cc1ccccc1NC(=O)NCc1ccccc1F. The summed E-state index contributed by atoms with van der Waals surface area (Å²) in [6.07, 6.45) is 0.167. The molecule has 0 saturated heterocycles. The predicted molar refractivity (Wildman–Crippen MR) is 86.5 cm³/mol. The van der Waals surface area contributed by atoms with Gasteiger partial charge in [0.25, 0.3) is 0 Å². The number of amides is 3. The molecule has 0 aliphatic carbocycles. The molecule has 0 heterocycles. The van der Waals surface area contributed by atoms with Crippen LogP contribution in [0.4, 0.5) is 14.9 Å². The van der Waals surface area contributed by atoms with Crippen LogP contribution in [0, 0.1) is 5.82 Å². The Bertz CT molecular complexity index is 704. The third kappa shape index (κ3) is 4.81. The summed E-state index contributed by atoms with van der Waals surface area (Å²) in [5.74, 6) is -0.515. The van der Waals surface area contributed by atoms with Gasteiger partial charge in [-0.2, -0.15) is 0 Å². The zero-order chi connectivity index (χ0) is 16.7. The van der Waals surface area contributed by atoms with Gasteiger partial charge in [0.1, 0.15) is 5.82 Å². The van der Waals surface area contributed by atoms with Crippen LogP contribution in [-0.4, -0.2) is 19.0 Å². The summed E-state index contributed by atoms with van der Waals surface area (Å²) in [5.41, 5.74) is 1.65. The van der Waals surface area contributed by atoms with Crippen LogP contribution >= 0.6 is 0 Å². The molecular formula is C17H18FN3O2. The fourth-order valence-corrected chi connectivity index (χ4v) is 2.04. The second-order valence-electron chi connectivity index (χ2n) is 4.91. The van der Waals surface area contributed by atoms with E-state index in [0.717, 1.165) is 0 Å². The first kappa shape index (κ1) is 16.5. The first-order valence-electron chi connectivity index (χ1n) is 7.17. The van der Waals surface area contributed by atoms with Crippen molar-refractivity contribution in [3.05, 3.63) is 65.5 Å². The van der Waals surface area contributed by atoms with Gasteiger partial charge in [-0.05, 0) is 17.7 Å². The fraction of sp³-hybridized carbons (Fsp3) is 0.176. The van der Waals surface area contributed by atoms with E-state index < -0.39 is 6.03 Å². The summed E-state index contributed by atoms with van der Waals surface area (Å²) in [6.45, 7) is 0.0795. The minimum absolute atomic E-state index is 0.0795. The van der Waals surface area contributed by atoms with Crippen molar-refractivity contribution in [1.82, 2.24) is 10.6 Å². The van der Waals surface area contributed by atoms with Gasteiger partial charge in [0.05, 0.1) is 6.42 Å². The van der Waals surface area contributed by atoms with Crippen molar-refractivity contribution in [2.75, 3.05) is 12.4 Å². The second kappa shape index (κ2) is 7.93. The standard InChI is InChI=1S/C17H18FN3O2/c1-19-16(22)10-12-6-3-5-9-15(12)21-17(23)20-11-13-7-2-4-8-14(13)18/h2-9H,10-11H2,1H3,(H,19,22)(H2,20,21,23). The van der Waals surface area contributed by atoms with Crippen LogP contribution in [0.2, 0.25) is 0 Å². The van der Waals surface area contributed by atoms with E-state index in [-0.39, 0.29) is 24.7 Å². The highest BCUT2D eigenvalue weighted by molar-refractivity contribution is 5.91. The Hall–Kier alpha value is -2.89. The molecule has 0 saturated carbocycles. The number of carbonyl (C=O) groups excluding carboxylic acids is 2. The van der Waals surface area contributed by atoms with E-state index in [1.54, 1.807) is 49.5 Å². The minimum atomic E-state index is -0.461. The first-order valence-corrected chi connectivity index (χ1v) is 7.17. The van der Waals surface area contributed by atoms with E-state index in [4.69, 9.17) is 0 Å². The van der Waals surface area contributed by atoms with Crippen molar-refractivity contribution < 1.29 is 14.0 Å². The second-order valence-corrected chi connectivity index (χ2v) is 4.91. The number of carbonyl (C=O) groups is 2. The maximum atomic E-state index is 13.5. The van der Waals surface area contributed by atoms with E-state index in [9.17, 15) is 14.0 Å². The Morgan fingerprint density at radius 2 is 1.65 bits per heavy atom. The molecule has 5 nitrogen and oxygen atoms in total. The summed E-state index contributed by atoms with van der Waals surface area (Å²) in [5, 5.41) is 7.81. The molecule has 0 aromatic heterocycles. The Labute approximate surface area is 133 Å². The summed E-state index contributed by atoms with van der Waals surface area (Å²) in [6, 6.07) is 12.8. The quantitative estimate of drug-likeness (QED) is 0.793. The molecule has 2 rings (SSSR count). The highest BCUT2D eigenvalue weighted by atomic mass is 19.1. The van der Waals surface area contributed by atoms with E-state index in [0.29, 0.717) is 16.8 Å². The topological polar surface area (TPSA) is 70.2 Å². The molecule has 6 heteroatoms. The van der Waals surface area contributed by atoms with Crippen LogP contribution in [0.5, 0.6) is 0 Å². The Morgan fingerprint density at radius 1 is 1.00 bits per heavy atom. The van der Waals surface area contributed by atoms with Crippen LogP contribution in [0.25, 0.3) is 0 Å². The van der Waals surface area contributed by atoms with Gasteiger partial charge in [-0.3, -0.25) is 4.79 Å². The zero-order valence-electron chi connectivity index (χ0n) is 12.7. The Kier molecular flexibility index (Phi) is 5.68. The number of nitrogens with one attached hydrogen (secondary N) is 3. The predicted octanol–water partition coefficient (Wildman–Crippen LogP) is 2.44. The van der Waals surface area contributed by atoms with Gasteiger partial charge in [-0.1, -0.05) is 36.4 Å². The first-order chi connectivity index (χ1) is 11.1. The van der Waals surface area contributed by atoms with Gasteiger partial charge >= 0.3 is 6.03 Å². The van der Waals surface area contributed by atoms with Gasteiger partial charge in [0.2, 0.25) is 5.91 Å². The normalized spacial score (nSPS) is 10.0. The van der Waals surface area contributed by atoms with Crippen molar-refractivity contribution >= 4 is 17.6 Å². The lowest BCUT2D eigenvalue weighted by molar-refractivity contribution is -0.119. The third-order valence-corrected chi connectivity index (χ3v) is 3.29. The monoisotopic (exact) mass is 315 g/mol. The number of benzene rings is 2. The minimum Gasteiger partial charge on any atom is -0.359 e. The van der Waals surface area contributed by atoms with Gasteiger partial charge in [0, 0.05) is 24.8 Å². The van der Waals surface area contributed by atoms with Crippen LogP contribution in [0.1, 0.15) is 11.1 Å². The molecule has 3 amide bonds. The maximum Gasteiger partial charge on any atom is 0.319 e. The van der Waals surface area contributed by atoms with E-state index in [2.05, 4.69) is 16.0 Å². The third-order valence-electron chi connectivity index (χ3n) is 3.29. The van der Waals surface area contributed by atoms with Gasteiger partial charge in [0.15, 0.2) is 0 Å². The molecule has 3 N–H and O–H groups in total. The largest absolute Gasteiger partial charge is 0.359 e. The number of likely N-dealkylation sites (N-methyl/N-ethyl adjacent to an activating group) is 1. The molecule has 0 fully saturated rings.